The smallest absolute Gasteiger partial charge is 0.211 e. The fourth-order valence-electron chi connectivity index (χ4n) is 1.82. The average Bonchev–Trinajstić information content (AvgIpc) is 2.46. The van der Waals surface area contributed by atoms with Crippen LogP contribution >= 0.6 is 0 Å². The highest BCUT2D eigenvalue weighted by Crippen LogP contribution is 2.16. The molecule has 0 aliphatic carbocycles. The normalized spacial score (nSPS) is 11.7. The number of hydrogen-bond acceptors (Lipinski definition) is 4. The minimum atomic E-state index is -3.13. The Kier molecular flexibility index (Phi) is 5.08. The molecule has 5 nitrogen and oxygen atoms in total. The molecule has 1 heterocycles. The molecule has 7 heteroatoms. The molecule has 2 aromatic rings. The molecule has 0 saturated carbocycles. The number of halogens is 1. The van der Waals surface area contributed by atoms with E-state index in [1.807, 2.05) is 12.1 Å². The summed E-state index contributed by atoms with van der Waals surface area (Å²) < 4.78 is 38.1. The van der Waals surface area contributed by atoms with Crippen LogP contribution in [0.25, 0.3) is 10.9 Å². The first-order chi connectivity index (χ1) is 10.00. The Morgan fingerprint density at radius 3 is 2.71 bits per heavy atom. The van der Waals surface area contributed by atoms with Crippen molar-refractivity contribution < 1.29 is 12.8 Å². The van der Waals surface area contributed by atoms with Crippen molar-refractivity contribution >= 4 is 26.7 Å². The van der Waals surface area contributed by atoms with Gasteiger partial charge >= 0.3 is 0 Å². The molecular formula is C14H18FN3O2S. The van der Waals surface area contributed by atoms with Gasteiger partial charge in [-0.05, 0) is 37.6 Å². The Balaban J connectivity index is 1.86. The van der Waals surface area contributed by atoms with Gasteiger partial charge in [0.1, 0.15) is 11.6 Å². The van der Waals surface area contributed by atoms with Gasteiger partial charge in [0, 0.05) is 24.5 Å². The third-order valence-electron chi connectivity index (χ3n) is 3.02. The first-order valence-corrected chi connectivity index (χ1v) is 8.43. The predicted molar refractivity (Wildman–Crippen MR) is 82.3 cm³/mol. The van der Waals surface area contributed by atoms with E-state index in [9.17, 15) is 12.8 Å². The molecule has 0 spiro atoms. The summed E-state index contributed by atoms with van der Waals surface area (Å²) in [5.41, 5.74) is 0.590. The monoisotopic (exact) mass is 311 g/mol. The van der Waals surface area contributed by atoms with Gasteiger partial charge in [-0.15, -0.1) is 0 Å². The number of benzene rings is 1. The second-order valence-electron chi connectivity index (χ2n) is 4.61. The number of pyridine rings is 1. The third-order valence-corrected chi connectivity index (χ3v) is 4.42. The Labute approximate surface area is 123 Å². The number of nitrogens with one attached hydrogen (secondary N) is 2. The SMILES string of the molecule is CCS(=O)(=O)NCCCNc1ccc2ccc(F)cc2n1. The number of aromatic nitrogens is 1. The van der Waals surface area contributed by atoms with E-state index >= 15 is 0 Å². The number of anilines is 1. The average molecular weight is 311 g/mol. The molecule has 1 aromatic heterocycles. The van der Waals surface area contributed by atoms with Crippen LogP contribution in [-0.2, 0) is 10.0 Å². The lowest BCUT2D eigenvalue weighted by atomic mass is 10.2. The van der Waals surface area contributed by atoms with Crippen LogP contribution in [0.15, 0.2) is 30.3 Å². The highest BCUT2D eigenvalue weighted by Gasteiger charge is 2.04. The van der Waals surface area contributed by atoms with E-state index in [2.05, 4.69) is 15.0 Å². The lowest BCUT2D eigenvalue weighted by Crippen LogP contribution is -2.27. The zero-order chi connectivity index (χ0) is 15.3. The first-order valence-electron chi connectivity index (χ1n) is 6.78. The zero-order valence-electron chi connectivity index (χ0n) is 11.8. The summed E-state index contributed by atoms with van der Waals surface area (Å²) in [6.07, 6.45) is 0.641. The van der Waals surface area contributed by atoms with E-state index < -0.39 is 10.0 Å². The summed E-state index contributed by atoms with van der Waals surface area (Å²) in [6.45, 7) is 2.56. The maximum absolute atomic E-state index is 13.1. The molecule has 1 aromatic carbocycles. The molecule has 2 rings (SSSR count). The van der Waals surface area contributed by atoms with Gasteiger partial charge in [0.25, 0.3) is 0 Å². The topological polar surface area (TPSA) is 71.1 Å². The number of rotatable bonds is 7. The summed E-state index contributed by atoms with van der Waals surface area (Å²) in [6, 6.07) is 8.15. The van der Waals surface area contributed by atoms with Gasteiger partial charge < -0.3 is 5.32 Å². The molecular weight excluding hydrogens is 293 g/mol. The molecule has 21 heavy (non-hydrogen) atoms. The Morgan fingerprint density at radius 2 is 1.95 bits per heavy atom. The summed E-state index contributed by atoms with van der Waals surface area (Å²) in [4.78, 5) is 4.31. The number of fused-ring (bicyclic) bond motifs is 1. The molecule has 114 valence electrons. The van der Waals surface area contributed by atoms with E-state index in [1.165, 1.54) is 12.1 Å². The minimum absolute atomic E-state index is 0.0816. The van der Waals surface area contributed by atoms with Crippen molar-refractivity contribution in [3.63, 3.8) is 0 Å². The van der Waals surface area contributed by atoms with Crippen LogP contribution in [0.2, 0.25) is 0 Å². The maximum Gasteiger partial charge on any atom is 0.211 e. The molecule has 2 N–H and O–H groups in total. The second-order valence-corrected chi connectivity index (χ2v) is 6.71. The van der Waals surface area contributed by atoms with Crippen molar-refractivity contribution in [2.45, 2.75) is 13.3 Å². The van der Waals surface area contributed by atoms with Crippen molar-refractivity contribution in [2.75, 3.05) is 24.2 Å². The molecule has 0 bridgehead atoms. The van der Waals surface area contributed by atoms with Crippen LogP contribution in [0.1, 0.15) is 13.3 Å². The number of sulfonamides is 1. The number of nitrogens with zero attached hydrogens (tertiary/aromatic N) is 1. The first kappa shape index (κ1) is 15.7. The van der Waals surface area contributed by atoms with Gasteiger partial charge in [0.05, 0.1) is 11.3 Å². The van der Waals surface area contributed by atoms with Crippen molar-refractivity contribution in [3.05, 3.63) is 36.1 Å². The summed E-state index contributed by atoms with van der Waals surface area (Å²) >= 11 is 0. The van der Waals surface area contributed by atoms with Crippen LogP contribution in [0.4, 0.5) is 10.2 Å². The van der Waals surface area contributed by atoms with Crippen LogP contribution in [-0.4, -0.2) is 32.2 Å². The van der Waals surface area contributed by atoms with E-state index in [1.54, 1.807) is 13.0 Å². The highest BCUT2D eigenvalue weighted by molar-refractivity contribution is 7.89. The third kappa shape index (κ3) is 4.64. The number of hydrogen-bond donors (Lipinski definition) is 2. The Bertz CT molecular complexity index is 719. The van der Waals surface area contributed by atoms with Gasteiger partial charge in [-0.2, -0.15) is 0 Å². The van der Waals surface area contributed by atoms with Gasteiger partial charge in [-0.3, -0.25) is 0 Å². The van der Waals surface area contributed by atoms with Crippen LogP contribution in [0, 0.1) is 5.82 Å². The van der Waals surface area contributed by atoms with Gasteiger partial charge in [-0.25, -0.2) is 22.5 Å². The van der Waals surface area contributed by atoms with Crippen molar-refractivity contribution in [3.8, 4) is 0 Å². The molecule has 0 radical (unpaired) electrons. The van der Waals surface area contributed by atoms with E-state index in [0.717, 1.165) is 5.39 Å². The molecule has 0 aliphatic heterocycles. The molecule has 0 saturated heterocycles. The van der Waals surface area contributed by atoms with E-state index in [-0.39, 0.29) is 11.6 Å². The van der Waals surface area contributed by atoms with Gasteiger partial charge in [-0.1, -0.05) is 0 Å². The van der Waals surface area contributed by atoms with Gasteiger partial charge in [0.2, 0.25) is 10.0 Å². The zero-order valence-corrected chi connectivity index (χ0v) is 12.6. The van der Waals surface area contributed by atoms with Crippen molar-refractivity contribution in [1.29, 1.82) is 0 Å². The summed E-state index contributed by atoms with van der Waals surface area (Å²) in [5, 5.41) is 3.96. The van der Waals surface area contributed by atoms with Gasteiger partial charge in [0.15, 0.2) is 0 Å². The van der Waals surface area contributed by atoms with E-state index in [0.29, 0.717) is 30.8 Å². The van der Waals surface area contributed by atoms with Crippen molar-refractivity contribution in [2.24, 2.45) is 0 Å². The lowest BCUT2D eigenvalue weighted by molar-refractivity contribution is 0.581. The fourth-order valence-corrected chi connectivity index (χ4v) is 2.48. The second kappa shape index (κ2) is 6.82. The molecule has 0 atom stereocenters. The molecule has 0 amide bonds. The molecule has 0 aliphatic rings. The quantitative estimate of drug-likeness (QED) is 0.768. The molecule has 0 fully saturated rings. The van der Waals surface area contributed by atoms with Crippen LogP contribution < -0.4 is 10.0 Å². The van der Waals surface area contributed by atoms with Crippen LogP contribution in [0.5, 0.6) is 0 Å². The summed E-state index contributed by atoms with van der Waals surface area (Å²) in [7, 11) is -3.13. The van der Waals surface area contributed by atoms with Crippen molar-refractivity contribution in [1.82, 2.24) is 9.71 Å². The van der Waals surface area contributed by atoms with Crippen LogP contribution in [0.3, 0.4) is 0 Å². The lowest BCUT2D eigenvalue weighted by Gasteiger charge is -2.07. The fraction of sp³-hybridized carbons (Fsp3) is 0.357. The minimum Gasteiger partial charge on any atom is -0.370 e. The van der Waals surface area contributed by atoms with E-state index in [4.69, 9.17) is 0 Å². The summed E-state index contributed by atoms with van der Waals surface area (Å²) in [5.74, 6) is 0.408. The standard InChI is InChI=1S/C14H18FN3O2S/c1-2-21(19,20)17-9-3-8-16-14-7-5-11-4-6-12(15)10-13(11)18-14/h4-7,10,17H,2-3,8-9H2,1H3,(H,16,18). The largest absolute Gasteiger partial charge is 0.370 e. The Morgan fingerprint density at radius 1 is 1.19 bits per heavy atom. The highest BCUT2D eigenvalue weighted by atomic mass is 32.2. The maximum atomic E-state index is 13.1. The predicted octanol–water partition coefficient (Wildman–Crippen LogP) is 2.12. The molecule has 0 unspecified atom stereocenters. The Hall–Kier alpha value is -1.73.